The molecule has 1 aliphatic rings. The van der Waals surface area contributed by atoms with Gasteiger partial charge >= 0.3 is 0 Å². The third kappa shape index (κ3) is 4.82. The quantitative estimate of drug-likeness (QED) is 0.587. The van der Waals surface area contributed by atoms with Gasteiger partial charge in [0.1, 0.15) is 0 Å². The molecule has 1 aliphatic heterocycles. The van der Waals surface area contributed by atoms with Gasteiger partial charge in [0.2, 0.25) is 5.88 Å². The van der Waals surface area contributed by atoms with E-state index in [1.807, 2.05) is 30.3 Å². The first-order valence-corrected chi connectivity index (χ1v) is 10.7. The van der Waals surface area contributed by atoms with Crippen molar-refractivity contribution in [2.75, 3.05) is 13.2 Å². The van der Waals surface area contributed by atoms with Crippen LogP contribution in [0.1, 0.15) is 40.6 Å². The molecular formula is C23H21Cl2N3O3. The first-order valence-electron chi connectivity index (χ1n) is 9.99. The lowest BCUT2D eigenvalue weighted by Gasteiger charge is -2.22. The highest BCUT2D eigenvalue weighted by Gasteiger charge is 2.30. The molecule has 1 N–H and O–H groups in total. The summed E-state index contributed by atoms with van der Waals surface area (Å²) in [5.41, 5.74) is 1.84. The van der Waals surface area contributed by atoms with Gasteiger partial charge in [-0.05, 0) is 42.7 Å². The maximum atomic E-state index is 12.7. The van der Waals surface area contributed by atoms with Crippen molar-refractivity contribution >= 4 is 29.1 Å². The molecule has 2 heterocycles. The summed E-state index contributed by atoms with van der Waals surface area (Å²) < 4.78 is 6.14. The van der Waals surface area contributed by atoms with Crippen LogP contribution in [0.4, 0.5) is 0 Å². The summed E-state index contributed by atoms with van der Waals surface area (Å²) >= 11 is 12.5. The number of likely N-dealkylation sites (tertiary alicyclic amines) is 1. The average Bonchev–Trinajstić information content (AvgIpc) is 3.28. The highest BCUT2D eigenvalue weighted by molar-refractivity contribution is 6.31. The number of carbonyl (C=O) groups is 1. The predicted molar refractivity (Wildman–Crippen MR) is 119 cm³/mol. The van der Waals surface area contributed by atoms with Gasteiger partial charge in [0.05, 0.1) is 12.6 Å². The first-order chi connectivity index (χ1) is 15.1. The molecule has 0 bridgehead atoms. The molecule has 1 unspecified atom stereocenters. The van der Waals surface area contributed by atoms with E-state index in [0.29, 0.717) is 16.6 Å². The maximum Gasteiger partial charge on any atom is 0.274 e. The minimum Gasteiger partial charge on any atom is -0.463 e. The Kier molecular flexibility index (Phi) is 6.70. The van der Waals surface area contributed by atoms with Gasteiger partial charge in [-0.15, -0.1) is 10.2 Å². The number of aliphatic hydroxyl groups is 1. The molecule has 0 aliphatic carbocycles. The van der Waals surface area contributed by atoms with Gasteiger partial charge in [-0.2, -0.15) is 0 Å². The summed E-state index contributed by atoms with van der Waals surface area (Å²) in [5.74, 6) is 0.0208. The van der Waals surface area contributed by atoms with E-state index in [4.69, 9.17) is 27.9 Å². The maximum absolute atomic E-state index is 12.7. The fraction of sp³-hybridized carbons (Fsp3) is 0.261. The lowest BCUT2D eigenvalue weighted by Crippen LogP contribution is -2.38. The lowest BCUT2D eigenvalue weighted by atomic mass is 10.0. The van der Waals surface area contributed by atoms with Gasteiger partial charge in [-0.1, -0.05) is 53.5 Å². The molecule has 1 fully saturated rings. The van der Waals surface area contributed by atoms with E-state index in [9.17, 15) is 9.90 Å². The zero-order valence-corrected chi connectivity index (χ0v) is 18.1. The Morgan fingerprint density at radius 3 is 2.55 bits per heavy atom. The second-order valence-electron chi connectivity index (χ2n) is 7.30. The van der Waals surface area contributed by atoms with Crippen molar-refractivity contribution in [3.8, 4) is 5.88 Å². The van der Waals surface area contributed by atoms with Gasteiger partial charge < -0.3 is 14.7 Å². The van der Waals surface area contributed by atoms with E-state index in [2.05, 4.69) is 10.2 Å². The summed E-state index contributed by atoms with van der Waals surface area (Å²) in [6, 6.07) is 17.7. The second-order valence-corrected chi connectivity index (χ2v) is 8.15. The van der Waals surface area contributed by atoms with Crippen LogP contribution in [0.5, 0.6) is 5.88 Å². The van der Waals surface area contributed by atoms with Gasteiger partial charge in [-0.25, -0.2) is 0 Å². The van der Waals surface area contributed by atoms with Crippen LogP contribution in [0.3, 0.4) is 0 Å². The molecule has 0 saturated carbocycles. The lowest BCUT2D eigenvalue weighted by molar-refractivity contribution is 0.0670. The number of nitrogens with zero attached hydrogens (tertiary/aromatic N) is 3. The van der Waals surface area contributed by atoms with E-state index < -0.39 is 6.10 Å². The van der Waals surface area contributed by atoms with E-state index >= 15 is 0 Å². The first kappa shape index (κ1) is 21.6. The largest absolute Gasteiger partial charge is 0.463 e. The number of aliphatic hydroxyl groups excluding tert-OH is 1. The summed E-state index contributed by atoms with van der Waals surface area (Å²) in [7, 11) is 0. The normalized spacial score (nSPS) is 16.9. The Morgan fingerprint density at radius 2 is 1.87 bits per heavy atom. The van der Waals surface area contributed by atoms with Crippen molar-refractivity contribution in [3.05, 3.63) is 87.5 Å². The number of rotatable bonds is 6. The molecule has 2 atom stereocenters. The molecule has 31 heavy (non-hydrogen) atoms. The highest BCUT2D eigenvalue weighted by Crippen LogP contribution is 2.32. The Bertz CT molecular complexity index is 1040. The van der Waals surface area contributed by atoms with Crippen molar-refractivity contribution in [1.29, 1.82) is 0 Å². The van der Waals surface area contributed by atoms with Crippen LogP contribution in [-0.2, 0) is 0 Å². The van der Waals surface area contributed by atoms with Gasteiger partial charge in [0.25, 0.3) is 5.91 Å². The van der Waals surface area contributed by atoms with Crippen LogP contribution in [0.2, 0.25) is 10.0 Å². The number of benzene rings is 2. The number of halogens is 2. The number of aromatic nitrogens is 2. The number of hydrogen-bond donors (Lipinski definition) is 1. The molecule has 1 saturated heterocycles. The Morgan fingerprint density at radius 1 is 1.10 bits per heavy atom. The molecule has 2 aromatic carbocycles. The molecular weight excluding hydrogens is 437 g/mol. The summed E-state index contributed by atoms with van der Waals surface area (Å²) in [5, 5.41) is 18.8. The summed E-state index contributed by atoms with van der Waals surface area (Å²) in [6.45, 7) is 0.552. The SMILES string of the molecule is O=C(c1ccc(OC(c2ccc(Cl)cc2)c2ccccc2Cl)nn1)N1CCC[C@H]1CO. The molecule has 6 nitrogen and oxygen atoms in total. The van der Waals surface area contributed by atoms with Crippen LogP contribution < -0.4 is 4.74 Å². The van der Waals surface area contributed by atoms with E-state index in [1.165, 1.54) is 0 Å². The number of amides is 1. The number of hydrogen-bond acceptors (Lipinski definition) is 5. The van der Waals surface area contributed by atoms with E-state index in [-0.39, 0.29) is 30.1 Å². The van der Waals surface area contributed by atoms with Crippen LogP contribution in [0, 0.1) is 0 Å². The van der Waals surface area contributed by atoms with Crippen molar-refractivity contribution in [2.24, 2.45) is 0 Å². The van der Waals surface area contributed by atoms with Crippen LogP contribution in [-0.4, -0.2) is 45.3 Å². The van der Waals surface area contributed by atoms with E-state index in [1.54, 1.807) is 35.2 Å². The molecule has 8 heteroatoms. The molecule has 0 spiro atoms. The van der Waals surface area contributed by atoms with Gasteiger partial charge in [0, 0.05) is 28.2 Å². The molecule has 3 aromatic rings. The number of carbonyl (C=O) groups excluding carboxylic acids is 1. The predicted octanol–water partition coefficient (Wildman–Crippen LogP) is 4.55. The summed E-state index contributed by atoms with van der Waals surface area (Å²) in [6.07, 6.45) is 1.13. The molecule has 1 aromatic heterocycles. The smallest absolute Gasteiger partial charge is 0.274 e. The second kappa shape index (κ2) is 9.64. The highest BCUT2D eigenvalue weighted by atomic mass is 35.5. The van der Waals surface area contributed by atoms with Crippen LogP contribution in [0.15, 0.2) is 60.7 Å². The van der Waals surface area contributed by atoms with Crippen molar-refractivity contribution in [3.63, 3.8) is 0 Å². The minimum atomic E-state index is -0.529. The standard InChI is InChI=1S/C23H21Cl2N3O3/c24-16-9-7-15(8-10-16)22(18-5-1-2-6-19(18)25)31-21-12-11-20(26-27-21)23(30)28-13-3-4-17(28)14-29/h1-2,5-12,17,22,29H,3-4,13-14H2/t17-,22?/m0/s1. The van der Waals surface area contributed by atoms with Crippen molar-refractivity contribution < 1.29 is 14.6 Å². The summed E-state index contributed by atoms with van der Waals surface area (Å²) in [4.78, 5) is 14.4. The zero-order valence-electron chi connectivity index (χ0n) is 16.6. The third-order valence-electron chi connectivity index (χ3n) is 5.31. The van der Waals surface area contributed by atoms with Gasteiger partial charge in [-0.3, -0.25) is 4.79 Å². The van der Waals surface area contributed by atoms with E-state index in [0.717, 1.165) is 24.0 Å². The molecule has 4 rings (SSSR count). The Hall–Kier alpha value is -2.67. The molecule has 1 amide bonds. The average molecular weight is 458 g/mol. The minimum absolute atomic E-state index is 0.0546. The fourth-order valence-corrected chi connectivity index (χ4v) is 4.05. The monoisotopic (exact) mass is 457 g/mol. The van der Waals surface area contributed by atoms with Crippen molar-refractivity contribution in [1.82, 2.24) is 15.1 Å². The van der Waals surface area contributed by atoms with Crippen LogP contribution in [0.25, 0.3) is 0 Å². The number of ether oxygens (including phenoxy) is 1. The third-order valence-corrected chi connectivity index (χ3v) is 5.90. The topological polar surface area (TPSA) is 75.5 Å². The fourth-order valence-electron chi connectivity index (χ4n) is 3.69. The Balaban J connectivity index is 1.58. The zero-order chi connectivity index (χ0) is 21.8. The van der Waals surface area contributed by atoms with Crippen LogP contribution >= 0.6 is 23.2 Å². The molecule has 0 radical (unpaired) electrons. The Labute approximate surface area is 190 Å². The van der Waals surface area contributed by atoms with Gasteiger partial charge in [0.15, 0.2) is 11.8 Å². The molecule has 160 valence electrons. The van der Waals surface area contributed by atoms with Crippen molar-refractivity contribution in [2.45, 2.75) is 25.0 Å².